The van der Waals surface area contributed by atoms with Crippen molar-refractivity contribution >= 4 is 0 Å². The number of rotatable bonds is 4. The van der Waals surface area contributed by atoms with Crippen LogP contribution in [0, 0.1) is 11.3 Å². The van der Waals surface area contributed by atoms with Crippen LogP contribution in [0.2, 0.25) is 0 Å². The van der Waals surface area contributed by atoms with Crippen molar-refractivity contribution in [2.75, 3.05) is 13.2 Å². The lowest BCUT2D eigenvalue weighted by Crippen LogP contribution is -2.59. The summed E-state index contributed by atoms with van der Waals surface area (Å²) >= 11 is 0. The highest BCUT2D eigenvalue weighted by Gasteiger charge is 2.51. The second kappa shape index (κ2) is 5.14. The molecule has 1 heterocycles. The van der Waals surface area contributed by atoms with Crippen molar-refractivity contribution < 1.29 is 9.84 Å². The molecule has 0 saturated heterocycles. The Morgan fingerprint density at radius 3 is 2.79 bits per heavy atom. The van der Waals surface area contributed by atoms with E-state index in [-0.39, 0.29) is 5.92 Å². The molecule has 3 atom stereocenters. The molecule has 3 N–H and O–H groups in total. The molecule has 1 aliphatic rings. The van der Waals surface area contributed by atoms with E-state index in [9.17, 15) is 5.11 Å². The van der Waals surface area contributed by atoms with Gasteiger partial charge in [-0.3, -0.25) is 0 Å². The molecule has 0 saturated carbocycles. The zero-order valence-electron chi connectivity index (χ0n) is 12.1. The fourth-order valence-corrected chi connectivity index (χ4v) is 3.01. The predicted octanol–water partition coefficient (Wildman–Crippen LogP) is 2.36. The maximum atomic E-state index is 11.0. The van der Waals surface area contributed by atoms with Gasteiger partial charge < -0.3 is 15.6 Å². The first-order chi connectivity index (χ1) is 8.97. The fraction of sp³-hybridized carbons (Fsp3) is 0.625. The highest BCUT2D eigenvalue weighted by molar-refractivity contribution is 5.37. The minimum absolute atomic E-state index is 0.185. The van der Waals surface area contributed by atoms with Crippen LogP contribution < -0.4 is 10.5 Å². The Morgan fingerprint density at radius 1 is 1.47 bits per heavy atom. The van der Waals surface area contributed by atoms with Gasteiger partial charge in [-0.15, -0.1) is 0 Å². The molecule has 0 aromatic heterocycles. The van der Waals surface area contributed by atoms with Gasteiger partial charge in [0.1, 0.15) is 5.75 Å². The third-order valence-corrected chi connectivity index (χ3v) is 5.04. The van der Waals surface area contributed by atoms with Crippen LogP contribution in [0.5, 0.6) is 5.75 Å². The monoisotopic (exact) mass is 263 g/mol. The first-order valence-electron chi connectivity index (χ1n) is 7.10. The Morgan fingerprint density at radius 2 is 2.16 bits per heavy atom. The van der Waals surface area contributed by atoms with Gasteiger partial charge in [-0.05, 0) is 30.9 Å². The van der Waals surface area contributed by atoms with Crippen LogP contribution in [-0.4, -0.2) is 23.9 Å². The van der Waals surface area contributed by atoms with Crippen molar-refractivity contribution in [2.45, 2.75) is 39.2 Å². The van der Waals surface area contributed by atoms with Crippen LogP contribution in [0.25, 0.3) is 0 Å². The van der Waals surface area contributed by atoms with Crippen molar-refractivity contribution in [2.24, 2.45) is 17.1 Å². The lowest BCUT2D eigenvalue weighted by atomic mass is 9.63. The first kappa shape index (κ1) is 14.4. The van der Waals surface area contributed by atoms with E-state index < -0.39 is 11.0 Å². The summed E-state index contributed by atoms with van der Waals surface area (Å²) in [4.78, 5) is 0. The van der Waals surface area contributed by atoms with E-state index in [0.29, 0.717) is 13.2 Å². The van der Waals surface area contributed by atoms with E-state index in [0.717, 1.165) is 24.2 Å². The smallest absolute Gasteiger partial charge is 0.122 e. The normalized spacial score (nSPS) is 27.0. The zero-order chi connectivity index (χ0) is 14.1. The molecular weight excluding hydrogens is 238 g/mol. The predicted molar refractivity (Wildman–Crippen MR) is 77.2 cm³/mol. The number of nitrogens with two attached hydrogens (primary N) is 1. The van der Waals surface area contributed by atoms with Crippen LogP contribution in [-0.2, 0) is 6.42 Å². The Hall–Kier alpha value is -1.06. The van der Waals surface area contributed by atoms with Crippen LogP contribution in [0.4, 0.5) is 0 Å². The lowest BCUT2D eigenvalue weighted by molar-refractivity contribution is -0.128. The van der Waals surface area contributed by atoms with E-state index in [1.807, 2.05) is 25.1 Å². The van der Waals surface area contributed by atoms with Gasteiger partial charge >= 0.3 is 0 Å². The molecule has 0 fully saturated rings. The molecule has 19 heavy (non-hydrogen) atoms. The highest BCUT2D eigenvalue weighted by atomic mass is 16.5. The largest absolute Gasteiger partial charge is 0.493 e. The fourth-order valence-electron chi connectivity index (χ4n) is 3.01. The summed E-state index contributed by atoms with van der Waals surface area (Å²) < 4.78 is 5.87. The van der Waals surface area contributed by atoms with E-state index in [2.05, 4.69) is 19.9 Å². The number of ether oxygens (including phenoxy) is 1. The summed E-state index contributed by atoms with van der Waals surface area (Å²) in [5.41, 5.74) is 5.94. The minimum Gasteiger partial charge on any atom is -0.493 e. The van der Waals surface area contributed by atoms with Crippen LogP contribution in [0.15, 0.2) is 24.3 Å². The molecule has 3 nitrogen and oxygen atoms in total. The maximum absolute atomic E-state index is 11.0. The van der Waals surface area contributed by atoms with Gasteiger partial charge in [-0.1, -0.05) is 38.5 Å². The number of hydrogen-bond donors (Lipinski definition) is 2. The van der Waals surface area contributed by atoms with Crippen molar-refractivity contribution in [1.29, 1.82) is 0 Å². The van der Waals surface area contributed by atoms with Gasteiger partial charge in [0, 0.05) is 12.0 Å². The molecule has 106 valence electrons. The Labute approximate surface area is 115 Å². The molecule has 0 spiro atoms. The standard InChI is InChI=1S/C16H25NO2/c1-4-12(2)15(3,18)16(10-17)9-13-7-5-6-8-14(13)19-11-16/h5-8,12,18H,4,9-11,17H2,1-3H3. The SMILES string of the molecule is CCC(C)C(C)(O)C1(CN)COc2ccccc2C1. The molecular formula is C16H25NO2. The van der Waals surface area contributed by atoms with E-state index in [1.54, 1.807) is 0 Å². The summed E-state index contributed by atoms with van der Waals surface area (Å²) in [7, 11) is 0. The second-order valence-electron chi connectivity index (χ2n) is 6.01. The Balaban J connectivity index is 2.36. The van der Waals surface area contributed by atoms with Crippen LogP contribution >= 0.6 is 0 Å². The van der Waals surface area contributed by atoms with Crippen molar-refractivity contribution in [3.8, 4) is 5.75 Å². The molecule has 1 aromatic rings. The van der Waals surface area contributed by atoms with Gasteiger partial charge in [-0.25, -0.2) is 0 Å². The van der Waals surface area contributed by atoms with Gasteiger partial charge in [0.25, 0.3) is 0 Å². The van der Waals surface area contributed by atoms with Gasteiger partial charge in [0.15, 0.2) is 0 Å². The number of aliphatic hydroxyl groups is 1. The average Bonchev–Trinajstić information content (AvgIpc) is 2.45. The van der Waals surface area contributed by atoms with Gasteiger partial charge in [0.05, 0.1) is 12.2 Å². The third kappa shape index (κ3) is 2.26. The molecule has 2 rings (SSSR count). The summed E-state index contributed by atoms with van der Waals surface area (Å²) in [5, 5.41) is 11.0. The molecule has 3 unspecified atom stereocenters. The zero-order valence-corrected chi connectivity index (χ0v) is 12.1. The Kier molecular flexibility index (Phi) is 3.88. The summed E-state index contributed by atoms with van der Waals surface area (Å²) in [6, 6.07) is 8.02. The molecule has 0 amide bonds. The molecule has 0 bridgehead atoms. The molecule has 1 aromatic carbocycles. The van der Waals surface area contributed by atoms with E-state index >= 15 is 0 Å². The molecule has 1 aliphatic heterocycles. The van der Waals surface area contributed by atoms with Gasteiger partial charge in [-0.2, -0.15) is 0 Å². The van der Waals surface area contributed by atoms with Gasteiger partial charge in [0.2, 0.25) is 0 Å². The average molecular weight is 263 g/mol. The highest BCUT2D eigenvalue weighted by Crippen LogP contribution is 2.45. The van der Waals surface area contributed by atoms with Crippen LogP contribution in [0.3, 0.4) is 0 Å². The third-order valence-electron chi connectivity index (χ3n) is 5.04. The summed E-state index contributed by atoms with van der Waals surface area (Å²) in [6.07, 6.45) is 1.70. The van der Waals surface area contributed by atoms with E-state index in [1.165, 1.54) is 0 Å². The molecule has 3 heteroatoms. The number of para-hydroxylation sites is 1. The Bertz CT molecular complexity index is 444. The van der Waals surface area contributed by atoms with Crippen molar-refractivity contribution in [1.82, 2.24) is 0 Å². The molecule has 0 radical (unpaired) electrons. The summed E-state index contributed by atoms with van der Waals surface area (Å²) in [6.45, 7) is 7.00. The number of benzene rings is 1. The summed E-state index contributed by atoms with van der Waals surface area (Å²) in [5.74, 6) is 1.11. The van der Waals surface area contributed by atoms with E-state index in [4.69, 9.17) is 10.5 Å². The quantitative estimate of drug-likeness (QED) is 0.877. The number of hydrogen-bond acceptors (Lipinski definition) is 3. The lowest BCUT2D eigenvalue weighted by Gasteiger charge is -2.50. The minimum atomic E-state index is -0.829. The molecule has 0 aliphatic carbocycles. The maximum Gasteiger partial charge on any atom is 0.122 e. The second-order valence-corrected chi connectivity index (χ2v) is 6.01. The van der Waals surface area contributed by atoms with Crippen molar-refractivity contribution in [3.05, 3.63) is 29.8 Å². The van der Waals surface area contributed by atoms with Crippen molar-refractivity contribution in [3.63, 3.8) is 0 Å². The van der Waals surface area contributed by atoms with Crippen LogP contribution in [0.1, 0.15) is 32.8 Å². The topological polar surface area (TPSA) is 55.5 Å². The first-order valence-corrected chi connectivity index (χ1v) is 7.10. The number of fused-ring (bicyclic) bond motifs is 1.